The van der Waals surface area contributed by atoms with Crippen molar-refractivity contribution < 1.29 is 19.0 Å². The molecule has 1 fully saturated rings. The van der Waals surface area contributed by atoms with Gasteiger partial charge in [0.1, 0.15) is 11.6 Å². The van der Waals surface area contributed by atoms with E-state index in [4.69, 9.17) is 4.74 Å². The minimum Gasteiger partial charge on any atom is -0.497 e. The minimum absolute atomic E-state index is 0.0712. The number of carbonyl (C=O) groups is 1. The fourth-order valence-corrected chi connectivity index (χ4v) is 2.86. The van der Waals surface area contributed by atoms with Gasteiger partial charge in [-0.15, -0.1) is 0 Å². The van der Waals surface area contributed by atoms with Crippen molar-refractivity contribution in [3.63, 3.8) is 0 Å². The highest BCUT2D eigenvalue weighted by Gasteiger charge is 2.43. The molecule has 2 aromatic carbocycles. The molecule has 5 heteroatoms. The molecule has 1 aliphatic rings. The molecule has 2 aromatic rings. The van der Waals surface area contributed by atoms with E-state index in [2.05, 4.69) is 5.32 Å². The second-order valence-corrected chi connectivity index (χ2v) is 6.04. The summed E-state index contributed by atoms with van der Waals surface area (Å²) in [6, 6.07) is 13.5. The Hall–Kier alpha value is -2.40. The number of amides is 1. The van der Waals surface area contributed by atoms with E-state index in [9.17, 15) is 14.3 Å². The summed E-state index contributed by atoms with van der Waals surface area (Å²) in [5.74, 6) is 0.449. The third kappa shape index (κ3) is 3.74. The Morgan fingerprint density at radius 3 is 2.75 bits per heavy atom. The summed E-state index contributed by atoms with van der Waals surface area (Å²) in [5, 5.41) is 12.8. The van der Waals surface area contributed by atoms with Crippen LogP contribution in [0.3, 0.4) is 0 Å². The third-order valence-electron chi connectivity index (χ3n) is 4.37. The zero-order chi connectivity index (χ0) is 17.1. The summed E-state index contributed by atoms with van der Waals surface area (Å²) in [5.41, 5.74) is 1.57. The Kier molecular flexibility index (Phi) is 4.81. The van der Waals surface area contributed by atoms with E-state index in [-0.39, 0.29) is 24.3 Å². The summed E-state index contributed by atoms with van der Waals surface area (Å²) in [7, 11) is 1.62. The number of aliphatic hydroxyl groups is 1. The number of benzene rings is 2. The van der Waals surface area contributed by atoms with Crippen molar-refractivity contribution in [3.05, 3.63) is 65.5 Å². The molecule has 0 aromatic heterocycles. The Balaban J connectivity index is 1.51. The topological polar surface area (TPSA) is 58.6 Å². The van der Waals surface area contributed by atoms with Gasteiger partial charge in [-0.1, -0.05) is 24.3 Å². The van der Waals surface area contributed by atoms with Crippen LogP contribution in [0.2, 0.25) is 0 Å². The van der Waals surface area contributed by atoms with Gasteiger partial charge in [0.2, 0.25) is 5.91 Å². The van der Waals surface area contributed by atoms with Crippen LogP contribution < -0.4 is 10.1 Å². The van der Waals surface area contributed by atoms with Gasteiger partial charge < -0.3 is 15.2 Å². The first-order valence-corrected chi connectivity index (χ1v) is 7.93. The molecule has 3 unspecified atom stereocenters. The molecule has 1 saturated carbocycles. The zero-order valence-corrected chi connectivity index (χ0v) is 13.4. The van der Waals surface area contributed by atoms with Crippen molar-refractivity contribution in [3.8, 4) is 5.75 Å². The number of aliphatic hydroxyl groups excluding tert-OH is 1. The fourth-order valence-electron chi connectivity index (χ4n) is 2.86. The molecular formula is C19H20FNO3. The lowest BCUT2D eigenvalue weighted by molar-refractivity contribution is -0.122. The van der Waals surface area contributed by atoms with Gasteiger partial charge in [-0.2, -0.15) is 0 Å². The van der Waals surface area contributed by atoms with Crippen molar-refractivity contribution in [2.24, 2.45) is 5.92 Å². The zero-order valence-electron chi connectivity index (χ0n) is 13.4. The van der Waals surface area contributed by atoms with Crippen LogP contribution in [0.15, 0.2) is 48.5 Å². The van der Waals surface area contributed by atoms with Gasteiger partial charge in [0, 0.05) is 12.5 Å². The predicted octanol–water partition coefficient (Wildman–Crippen LogP) is 2.79. The van der Waals surface area contributed by atoms with Crippen LogP contribution in [0.25, 0.3) is 0 Å². The van der Waals surface area contributed by atoms with E-state index in [0.717, 1.165) is 17.7 Å². The number of carbonyl (C=O) groups excluding carboxylic acids is 1. The first-order valence-electron chi connectivity index (χ1n) is 7.93. The molecule has 2 N–H and O–H groups in total. The van der Waals surface area contributed by atoms with E-state index in [1.54, 1.807) is 13.2 Å². The molecule has 0 heterocycles. The Bertz CT molecular complexity index is 717. The number of ether oxygens (including phenoxy) is 1. The second-order valence-electron chi connectivity index (χ2n) is 6.04. The normalized spacial score (nSPS) is 20.3. The van der Waals surface area contributed by atoms with Gasteiger partial charge in [-0.3, -0.25) is 4.79 Å². The Labute approximate surface area is 140 Å². The Morgan fingerprint density at radius 1 is 1.33 bits per heavy atom. The summed E-state index contributed by atoms with van der Waals surface area (Å²) in [4.78, 5) is 12.2. The highest BCUT2D eigenvalue weighted by Crippen LogP contribution is 2.47. The van der Waals surface area contributed by atoms with Crippen LogP contribution in [0.4, 0.5) is 4.39 Å². The van der Waals surface area contributed by atoms with Gasteiger partial charge in [-0.25, -0.2) is 4.39 Å². The lowest BCUT2D eigenvalue weighted by Gasteiger charge is -2.12. The lowest BCUT2D eigenvalue weighted by atomic mass is 10.1. The van der Waals surface area contributed by atoms with E-state index >= 15 is 0 Å². The number of nitrogens with one attached hydrogen (secondary N) is 1. The van der Waals surface area contributed by atoms with Crippen LogP contribution >= 0.6 is 0 Å². The molecule has 4 nitrogen and oxygen atoms in total. The van der Waals surface area contributed by atoms with Gasteiger partial charge in [-0.05, 0) is 47.7 Å². The number of rotatable bonds is 6. The second kappa shape index (κ2) is 7.01. The maximum absolute atomic E-state index is 13.2. The minimum atomic E-state index is -0.914. The SMILES string of the molecule is COc1ccc(C2CC2C(=O)NCC(O)c2cccc(F)c2)cc1. The number of hydrogen-bond donors (Lipinski definition) is 2. The molecule has 3 rings (SSSR count). The largest absolute Gasteiger partial charge is 0.497 e. The molecule has 0 spiro atoms. The number of methoxy groups -OCH3 is 1. The number of hydrogen-bond acceptors (Lipinski definition) is 3. The number of halogens is 1. The molecule has 1 amide bonds. The summed E-state index contributed by atoms with van der Waals surface area (Å²) in [6.45, 7) is 0.0775. The smallest absolute Gasteiger partial charge is 0.223 e. The van der Waals surface area contributed by atoms with Gasteiger partial charge in [0.25, 0.3) is 0 Å². The standard InChI is InChI=1S/C19H20FNO3/c1-24-15-7-5-12(6-8-15)16-10-17(16)19(23)21-11-18(22)13-3-2-4-14(20)9-13/h2-9,16-18,22H,10-11H2,1H3,(H,21,23). The predicted molar refractivity (Wildman–Crippen MR) is 88.2 cm³/mol. The van der Waals surface area contributed by atoms with Gasteiger partial charge in [0.15, 0.2) is 0 Å². The van der Waals surface area contributed by atoms with Crippen molar-refractivity contribution in [2.75, 3.05) is 13.7 Å². The molecule has 0 aliphatic heterocycles. The summed E-state index contributed by atoms with van der Waals surface area (Å²) < 4.78 is 18.3. The van der Waals surface area contributed by atoms with Gasteiger partial charge >= 0.3 is 0 Å². The monoisotopic (exact) mass is 329 g/mol. The van der Waals surface area contributed by atoms with E-state index in [0.29, 0.717) is 5.56 Å². The molecule has 0 radical (unpaired) electrons. The molecule has 3 atom stereocenters. The van der Waals surface area contributed by atoms with E-state index < -0.39 is 11.9 Å². The van der Waals surface area contributed by atoms with Crippen molar-refractivity contribution in [2.45, 2.75) is 18.4 Å². The molecule has 0 saturated heterocycles. The van der Waals surface area contributed by atoms with Crippen LogP contribution in [-0.2, 0) is 4.79 Å². The highest BCUT2D eigenvalue weighted by molar-refractivity contribution is 5.82. The lowest BCUT2D eigenvalue weighted by Crippen LogP contribution is -2.30. The fraction of sp³-hybridized carbons (Fsp3) is 0.316. The van der Waals surface area contributed by atoms with Crippen molar-refractivity contribution in [1.29, 1.82) is 0 Å². The third-order valence-corrected chi connectivity index (χ3v) is 4.37. The first-order chi connectivity index (χ1) is 11.6. The molecule has 0 bridgehead atoms. The van der Waals surface area contributed by atoms with Gasteiger partial charge in [0.05, 0.1) is 13.2 Å². The van der Waals surface area contributed by atoms with Crippen molar-refractivity contribution >= 4 is 5.91 Å². The van der Waals surface area contributed by atoms with Crippen LogP contribution in [-0.4, -0.2) is 24.7 Å². The molecule has 1 aliphatic carbocycles. The van der Waals surface area contributed by atoms with Crippen LogP contribution in [0, 0.1) is 11.7 Å². The average molecular weight is 329 g/mol. The van der Waals surface area contributed by atoms with Crippen LogP contribution in [0.5, 0.6) is 5.75 Å². The molecular weight excluding hydrogens is 309 g/mol. The maximum atomic E-state index is 13.2. The molecule has 126 valence electrons. The summed E-state index contributed by atoms with van der Waals surface area (Å²) in [6.07, 6.45) is -0.114. The van der Waals surface area contributed by atoms with Crippen LogP contribution in [0.1, 0.15) is 29.6 Å². The first kappa shape index (κ1) is 16.5. The summed E-state index contributed by atoms with van der Waals surface area (Å²) >= 11 is 0. The highest BCUT2D eigenvalue weighted by atomic mass is 19.1. The van der Waals surface area contributed by atoms with Crippen molar-refractivity contribution in [1.82, 2.24) is 5.32 Å². The van der Waals surface area contributed by atoms with E-state index in [1.165, 1.54) is 18.2 Å². The van der Waals surface area contributed by atoms with E-state index in [1.807, 2.05) is 24.3 Å². The maximum Gasteiger partial charge on any atom is 0.223 e. The Morgan fingerprint density at radius 2 is 2.08 bits per heavy atom. The quantitative estimate of drug-likeness (QED) is 0.857. The molecule has 24 heavy (non-hydrogen) atoms. The average Bonchev–Trinajstić information content (AvgIpc) is 3.40.